The van der Waals surface area contributed by atoms with E-state index in [2.05, 4.69) is 10.8 Å². The van der Waals surface area contributed by atoms with Crippen molar-refractivity contribution < 1.29 is 9.53 Å². The lowest BCUT2D eigenvalue weighted by Gasteiger charge is -2.12. The summed E-state index contributed by atoms with van der Waals surface area (Å²) in [6, 6.07) is 5.62. The maximum atomic E-state index is 11.3. The molecule has 0 unspecified atom stereocenters. The number of carbonyl (C=O) groups excluding carboxylic acids is 1. The van der Waals surface area contributed by atoms with Gasteiger partial charge in [-0.05, 0) is 35.2 Å². The van der Waals surface area contributed by atoms with Crippen LogP contribution in [0.4, 0.5) is 0 Å². The van der Waals surface area contributed by atoms with Crippen molar-refractivity contribution in [2.24, 2.45) is 5.73 Å². The van der Waals surface area contributed by atoms with Crippen molar-refractivity contribution in [1.82, 2.24) is 0 Å². The van der Waals surface area contributed by atoms with Crippen molar-refractivity contribution in [2.45, 2.75) is 26.3 Å². The molecular formula is C13H16N2O2. The zero-order valence-electron chi connectivity index (χ0n) is 10.1. The van der Waals surface area contributed by atoms with Crippen molar-refractivity contribution >= 4 is 5.97 Å². The Morgan fingerprint density at radius 2 is 2.12 bits per heavy atom. The smallest absolute Gasteiger partial charge is 0.309 e. The lowest BCUT2D eigenvalue weighted by atomic mass is 9.94. The Morgan fingerprint density at radius 1 is 1.47 bits per heavy atom. The molecule has 0 aliphatic heterocycles. The molecule has 1 aromatic carbocycles. The Hall–Kier alpha value is -1.86. The highest BCUT2D eigenvalue weighted by Crippen LogP contribution is 2.19. The Morgan fingerprint density at radius 3 is 2.59 bits per heavy atom. The van der Waals surface area contributed by atoms with Crippen LogP contribution in [0.2, 0.25) is 0 Å². The van der Waals surface area contributed by atoms with Crippen molar-refractivity contribution in [3.05, 3.63) is 34.4 Å². The summed E-state index contributed by atoms with van der Waals surface area (Å²) < 4.78 is 4.64. The predicted octanol–water partition coefficient (Wildman–Crippen LogP) is 1.29. The Kier molecular flexibility index (Phi) is 4.68. The maximum Gasteiger partial charge on any atom is 0.309 e. The molecule has 1 rings (SSSR count). The number of methoxy groups -OCH3 is 1. The second-order valence-electron chi connectivity index (χ2n) is 3.70. The van der Waals surface area contributed by atoms with Crippen LogP contribution in [0.1, 0.15) is 29.2 Å². The van der Waals surface area contributed by atoms with Gasteiger partial charge in [-0.2, -0.15) is 5.26 Å². The Balaban J connectivity index is 3.25. The van der Waals surface area contributed by atoms with Crippen LogP contribution in [0, 0.1) is 11.3 Å². The standard InChI is InChI=1S/C13H16N2O2/c1-3-10-4-9(7-14)5-11(12(10)8-15)6-13(16)17-2/h4-5H,3,6,8,15H2,1-2H3. The summed E-state index contributed by atoms with van der Waals surface area (Å²) in [6.45, 7) is 2.36. The summed E-state index contributed by atoms with van der Waals surface area (Å²) in [5.41, 5.74) is 9.00. The van der Waals surface area contributed by atoms with E-state index in [-0.39, 0.29) is 12.4 Å². The van der Waals surface area contributed by atoms with E-state index in [0.29, 0.717) is 12.1 Å². The Labute approximate surface area is 101 Å². The molecule has 4 heteroatoms. The quantitative estimate of drug-likeness (QED) is 0.794. The van der Waals surface area contributed by atoms with Crippen LogP contribution in [-0.4, -0.2) is 13.1 Å². The van der Waals surface area contributed by atoms with Crippen molar-refractivity contribution in [3.8, 4) is 6.07 Å². The predicted molar refractivity (Wildman–Crippen MR) is 64.1 cm³/mol. The molecule has 17 heavy (non-hydrogen) atoms. The molecule has 0 amide bonds. The van der Waals surface area contributed by atoms with Gasteiger partial charge in [-0.25, -0.2) is 0 Å². The van der Waals surface area contributed by atoms with E-state index in [9.17, 15) is 4.79 Å². The van der Waals surface area contributed by atoms with Gasteiger partial charge in [-0.15, -0.1) is 0 Å². The van der Waals surface area contributed by atoms with Crippen molar-refractivity contribution in [3.63, 3.8) is 0 Å². The first kappa shape index (κ1) is 13.2. The van der Waals surface area contributed by atoms with E-state index in [0.717, 1.165) is 23.1 Å². The number of rotatable bonds is 4. The molecular weight excluding hydrogens is 216 g/mol. The van der Waals surface area contributed by atoms with E-state index >= 15 is 0 Å². The van der Waals surface area contributed by atoms with Crippen LogP contribution in [0.15, 0.2) is 12.1 Å². The monoisotopic (exact) mass is 232 g/mol. The molecule has 0 fully saturated rings. The zero-order chi connectivity index (χ0) is 12.8. The highest BCUT2D eigenvalue weighted by Gasteiger charge is 2.12. The van der Waals surface area contributed by atoms with Gasteiger partial charge in [0.05, 0.1) is 25.2 Å². The number of ether oxygens (including phenoxy) is 1. The number of hydrogen-bond acceptors (Lipinski definition) is 4. The molecule has 0 heterocycles. The molecule has 1 aromatic rings. The molecule has 0 bridgehead atoms. The second kappa shape index (κ2) is 6.02. The molecule has 0 radical (unpaired) electrons. The minimum atomic E-state index is -0.322. The molecule has 90 valence electrons. The van der Waals surface area contributed by atoms with E-state index in [1.165, 1.54) is 7.11 Å². The first-order valence-electron chi connectivity index (χ1n) is 5.47. The summed E-state index contributed by atoms with van der Waals surface area (Å²) in [5.74, 6) is -0.322. The average Bonchev–Trinajstić information content (AvgIpc) is 2.37. The summed E-state index contributed by atoms with van der Waals surface area (Å²) in [6.07, 6.45) is 0.946. The number of carbonyl (C=O) groups is 1. The van der Waals surface area contributed by atoms with E-state index in [4.69, 9.17) is 11.0 Å². The van der Waals surface area contributed by atoms with Crippen LogP contribution in [0.25, 0.3) is 0 Å². The SMILES string of the molecule is CCc1cc(C#N)cc(CC(=O)OC)c1CN. The minimum absolute atomic E-state index is 0.158. The number of nitriles is 1. The molecule has 0 saturated carbocycles. The molecule has 0 spiro atoms. The highest BCUT2D eigenvalue weighted by molar-refractivity contribution is 5.73. The summed E-state index contributed by atoms with van der Waals surface area (Å²) in [7, 11) is 1.35. The maximum absolute atomic E-state index is 11.3. The molecule has 0 atom stereocenters. The molecule has 0 aliphatic rings. The number of benzene rings is 1. The number of nitrogens with zero attached hydrogens (tertiary/aromatic N) is 1. The van der Waals surface area contributed by atoms with Crippen LogP contribution < -0.4 is 5.73 Å². The van der Waals surface area contributed by atoms with Gasteiger partial charge in [0.25, 0.3) is 0 Å². The fourth-order valence-electron chi connectivity index (χ4n) is 1.83. The lowest BCUT2D eigenvalue weighted by molar-refractivity contribution is -0.139. The third-order valence-electron chi connectivity index (χ3n) is 2.71. The highest BCUT2D eigenvalue weighted by atomic mass is 16.5. The fourth-order valence-corrected chi connectivity index (χ4v) is 1.83. The van der Waals surface area contributed by atoms with Crippen LogP contribution >= 0.6 is 0 Å². The molecule has 2 N–H and O–H groups in total. The molecule has 0 saturated heterocycles. The first-order valence-corrected chi connectivity index (χ1v) is 5.47. The van der Waals surface area contributed by atoms with Crippen molar-refractivity contribution in [2.75, 3.05) is 7.11 Å². The third kappa shape index (κ3) is 3.05. The third-order valence-corrected chi connectivity index (χ3v) is 2.71. The average molecular weight is 232 g/mol. The fraction of sp³-hybridized carbons (Fsp3) is 0.385. The Bertz CT molecular complexity index is 461. The first-order chi connectivity index (χ1) is 8.15. The summed E-state index contributed by atoms with van der Waals surface area (Å²) in [5, 5.41) is 8.94. The number of esters is 1. The van der Waals surface area contributed by atoms with Gasteiger partial charge in [0.1, 0.15) is 0 Å². The van der Waals surface area contributed by atoms with Gasteiger partial charge in [-0.1, -0.05) is 6.92 Å². The van der Waals surface area contributed by atoms with E-state index in [1.807, 2.05) is 13.0 Å². The summed E-state index contributed by atoms with van der Waals surface area (Å²) >= 11 is 0. The van der Waals surface area contributed by atoms with Gasteiger partial charge in [-0.3, -0.25) is 4.79 Å². The van der Waals surface area contributed by atoms with Crippen LogP contribution in [-0.2, 0) is 28.9 Å². The van der Waals surface area contributed by atoms with E-state index < -0.39 is 0 Å². The largest absolute Gasteiger partial charge is 0.469 e. The van der Waals surface area contributed by atoms with Crippen LogP contribution in [0.3, 0.4) is 0 Å². The van der Waals surface area contributed by atoms with Gasteiger partial charge in [0.15, 0.2) is 0 Å². The van der Waals surface area contributed by atoms with Gasteiger partial charge in [0, 0.05) is 6.54 Å². The van der Waals surface area contributed by atoms with Gasteiger partial charge in [0.2, 0.25) is 0 Å². The normalized spacial score (nSPS) is 9.76. The lowest BCUT2D eigenvalue weighted by Crippen LogP contribution is -2.12. The molecule has 4 nitrogen and oxygen atoms in total. The van der Waals surface area contributed by atoms with Crippen molar-refractivity contribution in [1.29, 1.82) is 5.26 Å². The van der Waals surface area contributed by atoms with E-state index in [1.54, 1.807) is 6.07 Å². The van der Waals surface area contributed by atoms with Gasteiger partial charge < -0.3 is 10.5 Å². The number of nitrogens with two attached hydrogens (primary N) is 1. The molecule has 0 aliphatic carbocycles. The number of hydrogen-bond donors (Lipinski definition) is 1. The second-order valence-corrected chi connectivity index (χ2v) is 3.70. The molecule has 0 aromatic heterocycles. The van der Waals surface area contributed by atoms with Crippen LogP contribution in [0.5, 0.6) is 0 Å². The summed E-state index contributed by atoms with van der Waals surface area (Å²) in [4.78, 5) is 11.3. The zero-order valence-corrected chi connectivity index (χ0v) is 10.1. The minimum Gasteiger partial charge on any atom is -0.469 e. The van der Waals surface area contributed by atoms with Gasteiger partial charge >= 0.3 is 5.97 Å². The number of aryl methyl sites for hydroxylation is 1. The topological polar surface area (TPSA) is 76.1 Å².